The van der Waals surface area contributed by atoms with Crippen molar-refractivity contribution in [2.24, 2.45) is 0 Å². The lowest BCUT2D eigenvalue weighted by Crippen LogP contribution is -2.51. The summed E-state index contributed by atoms with van der Waals surface area (Å²) in [6.07, 6.45) is 3.36. The minimum Gasteiger partial charge on any atom is -0.497 e. The molecule has 0 spiro atoms. The summed E-state index contributed by atoms with van der Waals surface area (Å²) in [4.78, 5) is 30.2. The van der Waals surface area contributed by atoms with Gasteiger partial charge in [0.1, 0.15) is 11.8 Å². The van der Waals surface area contributed by atoms with Gasteiger partial charge < -0.3 is 24.8 Å². The predicted octanol–water partition coefficient (Wildman–Crippen LogP) is 6.98. The number of carbonyl (C=O) groups is 2. The summed E-state index contributed by atoms with van der Waals surface area (Å²) in [5.41, 5.74) is 2.61. The van der Waals surface area contributed by atoms with Gasteiger partial charge in [-0.15, -0.1) is 12.4 Å². The lowest BCUT2D eigenvalue weighted by molar-refractivity contribution is -0.130. The minimum absolute atomic E-state index is 0. The van der Waals surface area contributed by atoms with Crippen LogP contribution >= 0.6 is 12.4 Å². The number of ether oxygens (including phenoxy) is 3. The molecule has 0 bridgehead atoms. The number of carbonyl (C=O) groups excluding carboxylic acids is 2. The first-order valence-electron chi connectivity index (χ1n) is 18.7. The number of amides is 2. The van der Waals surface area contributed by atoms with Gasteiger partial charge in [-0.1, -0.05) is 55.8 Å². The number of benzene rings is 4. The largest absolute Gasteiger partial charge is 0.497 e. The van der Waals surface area contributed by atoms with Gasteiger partial charge in [-0.25, -0.2) is 13.1 Å². The quantitative estimate of drug-likeness (QED) is 0.125. The van der Waals surface area contributed by atoms with E-state index < -0.39 is 28.0 Å². The van der Waals surface area contributed by atoms with Gasteiger partial charge in [0.25, 0.3) is 0 Å². The standard InChI is InChI=1S/C42H52N4O7S.ClH/c1-26(2)43-42(48)41(29(5)31-12-10-30(11-13-31)24-46-27(3)8-7-9-28(46)4)44-40(47)23-37(34-16-19-38-39(22-34)53-25-52-38)45-54(49,50)36-18-15-32-20-35(51-6)17-14-33(32)21-36;/h10-22,26-29,37,41,45H,7-9,23-25H2,1-6H3,(H,43,48)(H,44,47);1H/t27-,28+,29?,37-,41-;/m1./s1. The molecule has 2 heterocycles. The molecule has 0 radical (unpaired) electrons. The maximum atomic E-state index is 14.0. The average molecular weight is 793 g/mol. The van der Waals surface area contributed by atoms with E-state index in [1.54, 1.807) is 49.6 Å². The predicted molar refractivity (Wildman–Crippen MR) is 216 cm³/mol. The maximum absolute atomic E-state index is 14.0. The molecule has 296 valence electrons. The summed E-state index contributed by atoms with van der Waals surface area (Å²) >= 11 is 0. The fraction of sp³-hybridized carbons (Fsp3) is 0.429. The molecule has 1 fully saturated rings. The molecule has 13 heteroatoms. The van der Waals surface area contributed by atoms with Gasteiger partial charge >= 0.3 is 0 Å². The number of hydrogen-bond donors (Lipinski definition) is 3. The van der Waals surface area contributed by atoms with Crippen molar-refractivity contribution in [2.75, 3.05) is 13.9 Å². The summed E-state index contributed by atoms with van der Waals surface area (Å²) in [6.45, 7) is 11.1. The van der Waals surface area contributed by atoms with Crippen LogP contribution in [0.15, 0.2) is 83.8 Å². The fourth-order valence-corrected chi connectivity index (χ4v) is 8.69. The van der Waals surface area contributed by atoms with Gasteiger partial charge in [0.05, 0.1) is 18.0 Å². The Hall–Kier alpha value is -4.36. The van der Waals surface area contributed by atoms with E-state index in [9.17, 15) is 18.0 Å². The fourth-order valence-electron chi connectivity index (χ4n) is 7.43. The molecule has 5 atom stereocenters. The third kappa shape index (κ3) is 10.1. The van der Waals surface area contributed by atoms with Crippen LogP contribution in [0.2, 0.25) is 0 Å². The van der Waals surface area contributed by atoms with E-state index in [4.69, 9.17) is 14.2 Å². The summed E-state index contributed by atoms with van der Waals surface area (Å²) in [7, 11) is -2.56. The van der Waals surface area contributed by atoms with E-state index in [1.807, 2.05) is 39.0 Å². The topological polar surface area (TPSA) is 135 Å². The average Bonchev–Trinajstić information content (AvgIpc) is 3.62. The summed E-state index contributed by atoms with van der Waals surface area (Å²) in [5, 5.41) is 7.46. The van der Waals surface area contributed by atoms with Gasteiger partial charge in [-0.3, -0.25) is 14.5 Å². The van der Waals surface area contributed by atoms with Crippen LogP contribution < -0.4 is 29.6 Å². The Morgan fingerprint density at radius 3 is 2.18 bits per heavy atom. The summed E-state index contributed by atoms with van der Waals surface area (Å²) in [6, 6.07) is 22.5. The third-order valence-corrected chi connectivity index (χ3v) is 12.1. The number of rotatable bonds is 14. The molecule has 3 N–H and O–H groups in total. The number of halogens is 1. The number of likely N-dealkylation sites (tertiary alicyclic amines) is 1. The van der Waals surface area contributed by atoms with Gasteiger partial charge in [-0.2, -0.15) is 0 Å². The maximum Gasteiger partial charge on any atom is 0.243 e. The Bertz CT molecular complexity index is 2070. The molecule has 2 amide bonds. The molecule has 0 saturated carbocycles. The van der Waals surface area contributed by atoms with Crippen LogP contribution in [0.4, 0.5) is 0 Å². The molecule has 4 aromatic carbocycles. The SMILES string of the molecule is COc1ccc2cc(S(=O)(=O)N[C@H](CC(=O)N[C@@H](C(=O)NC(C)C)C(C)c3ccc(CN4[C@H](C)CCC[C@@H]4C)cc3)c3ccc4c(c3)OCO4)ccc2c1.Cl. The van der Waals surface area contributed by atoms with Gasteiger partial charge in [0, 0.05) is 37.0 Å². The highest BCUT2D eigenvalue weighted by molar-refractivity contribution is 7.89. The van der Waals surface area contributed by atoms with Crippen molar-refractivity contribution in [1.82, 2.24) is 20.3 Å². The Balaban J connectivity index is 0.00000580. The Labute approximate surface area is 331 Å². The molecule has 6 rings (SSSR count). The Kier molecular flexibility index (Phi) is 13.7. The highest BCUT2D eigenvalue weighted by atomic mass is 35.5. The van der Waals surface area contributed by atoms with Crippen LogP contribution in [0, 0.1) is 0 Å². The first-order chi connectivity index (χ1) is 25.8. The first-order valence-corrected chi connectivity index (χ1v) is 20.2. The van der Waals surface area contributed by atoms with Crippen molar-refractivity contribution >= 4 is 45.0 Å². The van der Waals surface area contributed by atoms with Crippen molar-refractivity contribution in [1.29, 1.82) is 0 Å². The molecule has 11 nitrogen and oxygen atoms in total. The van der Waals surface area contributed by atoms with E-state index in [0.717, 1.165) is 17.5 Å². The molecular formula is C42H53ClN4O7S. The number of hydrogen-bond acceptors (Lipinski definition) is 8. The first kappa shape index (κ1) is 41.8. The lowest BCUT2D eigenvalue weighted by Gasteiger charge is -2.39. The third-order valence-electron chi connectivity index (χ3n) is 10.6. The molecule has 2 aliphatic rings. The normalized spacial score (nSPS) is 18.6. The smallest absolute Gasteiger partial charge is 0.243 e. The number of sulfonamides is 1. The van der Waals surface area contributed by atoms with Crippen molar-refractivity contribution in [3.63, 3.8) is 0 Å². The van der Waals surface area contributed by atoms with Crippen LogP contribution in [-0.4, -0.2) is 63.2 Å². The molecule has 2 aliphatic heterocycles. The zero-order valence-corrected chi connectivity index (χ0v) is 34.0. The van der Waals surface area contributed by atoms with E-state index in [2.05, 4.69) is 46.2 Å². The van der Waals surface area contributed by atoms with Crippen molar-refractivity contribution < 1.29 is 32.2 Å². The second-order valence-corrected chi connectivity index (χ2v) is 16.6. The highest BCUT2D eigenvalue weighted by Gasteiger charge is 2.32. The molecule has 0 aromatic heterocycles. The van der Waals surface area contributed by atoms with Crippen molar-refractivity contribution in [2.45, 2.75) is 108 Å². The zero-order valence-electron chi connectivity index (χ0n) is 32.3. The molecule has 55 heavy (non-hydrogen) atoms. The molecule has 1 unspecified atom stereocenters. The Morgan fingerprint density at radius 1 is 0.836 bits per heavy atom. The molecular weight excluding hydrogens is 740 g/mol. The molecule has 0 aliphatic carbocycles. The summed E-state index contributed by atoms with van der Waals surface area (Å²) in [5.74, 6) is 0.443. The van der Waals surface area contributed by atoms with E-state index in [1.165, 1.54) is 30.9 Å². The number of methoxy groups -OCH3 is 1. The second-order valence-electron chi connectivity index (χ2n) is 14.9. The monoisotopic (exact) mass is 792 g/mol. The van der Waals surface area contributed by atoms with Crippen LogP contribution in [0.3, 0.4) is 0 Å². The Morgan fingerprint density at radius 2 is 1.49 bits per heavy atom. The summed E-state index contributed by atoms with van der Waals surface area (Å²) < 4.78 is 47.0. The second kappa shape index (κ2) is 18.1. The highest BCUT2D eigenvalue weighted by Crippen LogP contribution is 2.36. The van der Waals surface area contributed by atoms with Crippen molar-refractivity contribution in [3.05, 3.63) is 95.6 Å². The number of nitrogens with one attached hydrogen (secondary N) is 3. The van der Waals surface area contributed by atoms with E-state index in [-0.39, 0.29) is 48.4 Å². The van der Waals surface area contributed by atoms with Crippen LogP contribution in [0.5, 0.6) is 17.2 Å². The lowest BCUT2D eigenvalue weighted by atomic mass is 9.91. The van der Waals surface area contributed by atoms with E-state index in [0.29, 0.717) is 40.3 Å². The van der Waals surface area contributed by atoms with Crippen molar-refractivity contribution in [3.8, 4) is 17.2 Å². The molecule has 4 aromatic rings. The molecule has 1 saturated heterocycles. The van der Waals surface area contributed by atoms with Gasteiger partial charge in [-0.05, 0) is 104 Å². The van der Waals surface area contributed by atoms with Gasteiger partial charge in [0.2, 0.25) is 28.6 Å². The number of nitrogens with zero attached hydrogens (tertiary/aromatic N) is 1. The zero-order chi connectivity index (χ0) is 38.6. The van der Waals surface area contributed by atoms with Crippen LogP contribution in [0.25, 0.3) is 10.8 Å². The minimum atomic E-state index is -4.13. The van der Waals surface area contributed by atoms with Crippen LogP contribution in [0.1, 0.15) is 89.0 Å². The number of piperidine rings is 1. The van der Waals surface area contributed by atoms with Crippen LogP contribution in [-0.2, 0) is 26.2 Å². The van der Waals surface area contributed by atoms with Gasteiger partial charge in [0.15, 0.2) is 11.5 Å². The van der Waals surface area contributed by atoms with E-state index >= 15 is 0 Å². The number of fused-ring (bicyclic) bond motifs is 2.